The maximum atomic E-state index is 12.5. The number of ether oxygens (including phenoxy) is 1. The zero-order chi connectivity index (χ0) is 19.8. The van der Waals surface area contributed by atoms with Gasteiger partial charge in [0.2, 0.25) is 5.91 Å². The van der Waals surface area contributed by atoms with E-state index in [1.165, 1.54) is 0 Å². The Hall–Kier alpha value is -2.30. The molecule has 29 heavy (non-hydrogen) atoms. The van der Waals surface area contributed by atoms with Gasteiger partial charge in [-0.1, -0.05) is 18.2 Å². The summed E-state index contributed by atoms with van der Waals surface area (Å²) >= 11 is 0. The Labute approximate surface area is 188 Å². The van der Waals surface area contributed by atoms with Crippen LogP contribution in [0.15, 0.2) is 47.7 Å². The number of unbranched alkanes of at least 4 members (excludes halogenated alkanes) is 1. The fraction of sp³-hybridized carbons (Fsp3) is 0.450. The quantitative estimate of drug-likeness (QED) is 0.266. The summed E-state index contributed by atoms with van der Waals surface area (Å²) in [5.74, 6) is 1.72. The Bertz CT molecular complexity index is 795. The Morgan fingerprint density at radius 3 is 2.69 bits per heavy atom. The van der Waals surface area contributed by atoms with Gasteiger partial charge in [-0.05, 0) is 25.0 Å². The van der Waals surface area contributed by atoms with Gasteiger partial charge in [-0.2, -0.15) is 5.10 Å². The number of benzene rings is 1. The van der Waals surface area contributed by atoms with Crippen molar-refractivity contribution in [1.29, 1.82) is 0 Å². The lowest BCUT2D eigenvalue weighted by Crippen LogP contribution is -2.55. The third-order valence-electron chi connectivity index (χ3n) is 4.60. The molecule has 0 bridgehead atoms. The third kappa shape index (κ3) is 6.62. The van der Waals surface area contributed by atoms with Crippen LogP contribution in [-0.4, -0.2) is 66.4 Å². The third-order valence-corrected chi connectivity index (χ3v) is 4.60. The first-order chi connectivity index (χ1) is 13.7. The first kappa shape index (κ1) is 23.0. The van der Waals surface area contributed by atoms with Crippen LogP contribution in [0.1, 0.15) is 12.8 Å². The molecule has 2 heterocycles. The topological polar surface area (TPSA) is 75.0 Å². The van der Waals surface area contributed by atoms with Crippen molar-refractivity contribution in [3.8, 4) is 5.75 Å². The Morgan fingerprint density at radius 2 is 2.03 bits per heavy atom. The fourth-order valence-corrected chi connectivity index (χ4v) is 3.14. The van der Waals surface area contributed by atoms with Gasteiger partial charge in [-0.25, -0.2) is 0 Å². The molecule has 2 aromatic rings. The number of aromatic nitrogens is 2. The molecule has 0 atom stereocenters. The minimum absolute atomic E-state index is 0. The number of aliphatic imine (C=N–C) groups is 1. The molecule has 1 aliphatic heterocycles. The number of rotatable bonds is 7. The number of halogens is 1. The summed E-state index contributed by atoms with van der Waals surface area (Å²) in [6.07, 6.45) is 5.50. The highest BCUT2D eigenvalue weighted by Gasteiger charge is 2.27. The van der Waals surface area contributed by atoms with Gasteiger partial charge in [-0.3, -0.25) is 14.5 Å². The molecule has 3 rings (SSSR count). The number of para-hydroxylation sites is 1. The largest absolute Gasteiger partial charge is 0.494 e. The molecule has 0 spiro atoms. The van der Waals surface area contributed by atoms with Gasteiger partial charge in [0.1, 0.15) is 12.3 Å². The van der Waals surface area contributed by atoms with E-state index in [0.29, 0.717) is 19.7 Å². The molecule has 158 valence electrons. The summed E-state index contributed by atoms with van der Waals surface area (Å²) in [6.45, 7) is 3.15. The molecule has 8 nitrogen and oxygen atoms in total. The molecule has 1 amide bonds. The van der Waals surface area contributed by atoms with Crippen LogP contribution < -0.4 is 15.0 Å². The average Bonchev–Trinajstić information content (AvgIpc) is 3.14. The van der Waals surface area contributed by atoms with E-state index in [-0.39, 0.29) is 29.9 Å². The number of hydrogen-bond donors (Lipinski definition) is 1. The molecule has 1 saturated heterocycles. The minimum atomic E-state index is 0. The van der Waals surface area contributed by atoms with E-state index in [9.17, 15) is 4.79 Å². The lowest BCUT2D eigenvalue weighted by molar-refractivity contribution is -0.120. The van der Waals surface area contributed by atoms with E-state index in [4.69, 9.17) is 4.74 Å². The van der Waals surface area contributed by atoms with Gasteiger partial charge in [0.25, 0.3) is 0 Å². The number of carbonyl (C=O) groups is 1. The number of aryl methyl sites for hydroxylation is 1. The van der Waals surface area contributed by atoms with Gasteiger partial charge < -0.3 is 19.9 Å². The van der Waals surface area contributed by atoms with Gasteiger partial charge >= 0.3 is 0 Å². The van der Waals surface area contributed by atoms with E-state index in [2.05, 4.69) is 15.4 Å². The van der Waals surface area contributed by atoms with Crippen LogP contribution >= 0.6 is 24.0 Å². The molecule has 1 N–H and O–H groups in total. The van der Waals surface area contributed by atoms with Crippen molar-refractivity contribution in [2.45, 2.75) is 12.8 Å². The van der Waals surface area contributed by atoms with E-state index >= 15 is 0 Å². The van der Waals surface area contributed by atoms with E-state index in [1.807, 2.05) is 48.5 Å². The number of nitrogens with one attached hydrogen (secondary N) is 1. The van der Waals surface area contributed by atoms with E-state index in [1.54, 1.807) is 22.8 Å². The molecular weight excluding hydrogens is 483 g/mol. The van der Waals surface area contributed by atoms with Gasteiger partial charge in [0.15, 0.2) is 5.96 Å². The number of hydrogen-bond acceptors (Lipinski definition) is 4. The second-order valence-corrected chi connectivity index (χ2v) is 6.68. The second kappa shape index (κ2) is 11.6. The average molecular weight is 512 g/mol. The molecule has 1 aliphatic rings. The first-order valence-electron chi connectivity index (χ1n) is 9.60. The predicted octanol–water partition coefficient (Wildman–Crippen LogP) is 2.12. The number of carbonyl (C=O) groups excluding carboxylic acids is 1. The highest BCUT2D eigenvalue weighted by Crippen LogP contribution is 2.16. The normalized spacial score (nSPS) is 14.6. The molecule has 0 saturated carbocycles. The first-order valence-corrected chi connectivity index (χ1v) is 9.60. The Kier molecular flexibility index (Phi) is 9.23. The summed E-state index contributed by atoms with van der Waals surface area (Å²) in [6, 6.07) is 9.83. The predicted molar refractivity (Wildman–Crippen MR) is 125 cm³/mol. The van der Waals surface area contributed by atoms with Crippen molar-refractivity contribution in [1.82, 2.24) is 20.0 Å². The number of guanidine groups is 1. The lowest BCUT2D eigenvalue weighted by atomic mass is 10.3. The molecular formula is C20H29IN6O2. The summed E-state index contributed by atoms with van der Waals surface area (Å²) < 4.78 is 7.41. The highest BCUT2D eigenvalue weighted by molar-refractivity contribution is 14.0. The van der Waals surface area contributed by atoms with Crippen molar-refractivity contribution in [3.05, 3.63) is 42.7 Å². The minimum Gasteiger partial charge on any atom is -0.494 e. The fourth-order valence-electron chi connectivity index (χ4n) is 3.14. The van der Waals surface area contributed by atoms with Crippen LogP contribution in [0.2, 0.25) is 0 Å². The number of anilines is 1. The van der Waals surface area contributed by atoms with E-state index < -0.39 is 0 Å². The monoisotopic (exact) mass is 512 g/mol. The maximum Gasteiger partial charge on any atom is 0.246 e. The molecule has 1 aromatic carbocycles. The van der Waals surface area contributed by atoms with Crippen LogP contribution in [0.3, 0.4) is 0 Å². The molecule has 9 heteroatoms. The summed E-state index contributed by atoms with van der Waals surface area (Å²) in [5, 5.41) is 7.49. The van der Waals surface area contributed by atoms with Crippen LogP contribution in [0.4, 0.5) is 5.69 Å². The smallest absolute Gasteiger partial charge is 0.246 e. The van der Waals surface area contributed by atoms with Crippen LogP contribution in [0.5, 0.6) is 5.75 Å². The lowest BCUT2D eigenvalue weighted by Gasteiger charge is -2.35. The van der Waals surface area contributed by atoms with Crippen molar-refractivity contribution < 1.29 is 9.53 Å². The van der Waals surface area contributed by atoms with Crippen LogP contribution in [-0.2, 0) is 11.8 Å². The van der Waals surface area contributed by atoms with Gasteiger partial charge in [-0.15, -0.1) is 24.0 Å². The zero-order valence-electron chi connectivity index (χ0n) is 17.0. The van der Waals surface area contributed by atoms with Crippen molar-refractivity contribution in [2.24, 2.45) is 12.0 Å². The zero-order valence-corrected chi connectivity index (χ0v) is 19.3. The summed E-state index contributed by atoms with van der Waals surface area (Å²) in [4.78, 5) is 20.6. The van der Waals surface area contributed by atoms with Gasteiger partial charge in [0.05, 0.1) is 18.5 Å². The molecule has 0 unspecified atom stereocenters. The van der Waals surface area contributed by atoms with Crippen LogP contribution in [0.25, 0.3) is 0 Å². The number of amides is 1. The molecule has 1 fully saturated rings. The van der Waals surface area contributed by atoms with Crippen molar-refractivity contribution in [2.75, 3.05) is 44.7 Å². The Morgan fingerprint density at radius 1 is 1.24 bits per heavy atom. The summed E-state index contributed by atoms with van der Waals surface area (Å²) in [7, 11) is 3.60. The molecule has 1 aromatic heterocycles. The van der Waals surface area contributed by atoms with Gasteiger partial charge in [0, 0.05) is 39.9 Å². The number of nitrogens with zero attached hydrogens (tertiary/aromatic N) is 5. The number of piperazine rings is 1. The Balaban J connectivity index is 0.00000300. The molecule has 0 radical (unpaired) electrons. The summed E-state index contributed by atoms with van der Waals surface area (Å²) in [5.41, 5.74) is 0.841. The van der Waals surface area contributed by atoms with E-state index in [0.717, 1.165) is 43.3 Å². The second-order valence-electron chi connectivity index (χ2n) is 6.68. The van der Waals surface area contributed by atoms with Crippen molar-refractivity contribution >= 4 is 41.5 Å². The standard InChI is InChI=1S/C20H28N6O2.HI/c1-21-20(22-10-6-7-13-28-18-8-4-3-5-9-18)25-11-12-26(19(27)16-25)17-14-23-24(2)15-17;/h3-5,8-9,14-15H,6-7,10-13,16H2,1-2H3,(H,21,22);1H. The highest BCUT2D eigenvalue weighted by atomic mass is 127. The van der Waals surface area contributed by atoms with Crippen LogP contribution in [0, 0.1) is 0 Å². The maximum absolute atomic E-state index is 12.5. The SMILES string of the molecule is CN=C(NCCCCOc1ccccc1)N1CCN(c2cnn(C)c2)C(=O)C1.I. The molecule has 0 aliphatic carbocycles. The van der Waals surface area contributed by atoms with Crippen molar-refractivity contribution in [3.63, 3.8) is 0 Å².